The highest BCUT2D eigenvalue weighted by Crippen LogP contribution is 2.26. The van der Waals surface area contributed by atoms with Crippen molar-refractivity contribution in [3.05, 3.63) is 29.6 Å². The molecule has 0 radical (unpaired) electrons. The van der Waals surface area contributed by atoms with E-state index in [0.717, 1.165) is 0 Å². The third kappa shape index (κ3) is 2.78. The maximum absolute atomic E-state index is 14.1. The molecule has 1 fully saturated rings. The summed E-state index contributed by atoms with van der Waals surface area (Å²) in [6.07, 6.45) is 0.304. The van der Waals surface area contributed by atoms with Gasteiger partial charge < -0.3 is 20.9 Å². The van der Waals surface area contributed by atoms with Gasteiger partial charge in [0.2, 0.25) is 0 Å². The van der Waals surface area contributed by atoms with Crippen LogP contribution in [0.1, 0.15) is 18.9 Å². The third-order valence-corrected chi connectivity index (χ3v) is 3.55. The number of piperidine rings is 1. The summed E-state index contributed by atoms with van der Waals surface area (Å²) in [6.45, 7) is 3.17. The molecule has 1 aliphatic rings. The first-order chi connectivity index (χ1) is 9.02. The Kier molecular flexibility index (Phi) is 3.90. The Bertz CT molecular complexity index is 493. The van der Waals surface area contributed by atoms with Crippen LogP contribution in [0.5, 0.6) is 0 Å². The van der Waals surface area contributed by atoms with Crippen molar-refractivity contribution < 1.29 is 14.7 Å². The van der Waals surface area contributed by atoms with Crippen molar-refractivity contribution in [2.45, 2.75) is 19.4 Å². The maximum Gasteiger partial charge on any atom is 0.170 e. The van der Waals surface area contributed by atoms with Crippen LogP contribution in [0.4, 0.5) is 10.1 Å². The summed E-state index contributed by atoms with van der Waals surface area (Å²) in [4.78, 5) is 1.91. The summed E-state index contributed by atoms with van der Waals surface area (Å²) in [5, 5.41) is 21.1. The summed E-state index contributed by atoms with van der Waals surface area (Å²) in [7, 11) is 0. The van der Waals surface area contributed by atoms with Crippen molar-refractivity contribution in [2.75, 3.05) is 18.0 Å². The minimum Gasteiger partial charge on any atom is -0.409 e. The zero-order valence-corrected chi connectivity index (χ0v) is 10.8. The number of aliphatic hydroxyl groups is 1. The van der Waals surface area contributed by atoms with E-state index >= 15 is 0 Å². The molecule has 1 aromatic rings. The predicted octanol–water partition coefficient (Wildman–Crippen LogP) is 1.13. The Hall–Kier alpha value is -1.82. The minimum absolute atomic E-state index is 0.108. The number of halogens is 1. The fourth-order valence-electron chi connectivity index (χ4n) is 2.33. The second-order valence-corrected chi connectivity index (χ2v) is 4.93. The van der Waals surface area contributed by atoms with Crippen molar-refractivity contribution in [2.24, 2.45) is 16.8 Å². The molecule has 1 aromatic carbocycles. The Morgan fingerprint density at radius 1 is 1.53 bits per heavy atom. The first-order valence-electron chi connectivity index (χ1n) is 6.23. The molecule has 1 heterocycles. The van der Waals surface area contributed by atoms with Crippen molar-refractivity contribution >= 4 is 11.5 Å². The van der Waals surface area contributed by atoms with Gasteiger partial charge in [-0.2, -0.15) is 0 Å². The molecule has 4 N–H and O–H groups in total. The highest BCUT2D eigenvalue weighted by Gasteiger charge is 2.25. The number of oxime groups is 1. The van der Waals surface area contributed by atoms with E-state index in [1.165, 1.54) is 6.07 Å². The number of hydrogen-bond donors (Lipinski definition) is 3. The SMILES string of the molecule is CC1CN(c2ccc(/C(N)=N/O)cc2F)CCC1O. The van der Waals surface area contributed by atoms with E-state index in [1.807, 2.05) is 11.8 Å². The van der Waals surface area contributed by atoms with E-state index in [2.05, 4.69) is 5.16 Å². The summed E-state index contributed by atoms with van der Waals surface area (Å²) >= 11 is 0. The van der Waals surface area contributed by atoms with E-state index in [0.29, 0.717) is 30.8 Å². The lowest BCUT2D eigenvalue weighted by molar-refractivity contribution is 0.0969. The van der Waals surface area contributed by atoms with Gasteiger partial charge >= 0.3 is 0 Å². The molecule has 0 saturated carbocycles. The topological polar surface area (TPSA) is 82.1 Å². The van der Waals surface area contributed by atoms with Crippen LogP contribution in [-0.4, -0.2) is 35.3 Å². The number of nitrogens with zero attached hydrogens (tertiary/aromatic N) is 2. The molecule has 2 atom stereocenters. The van der Waals surface area contributed by atoms with Gasteiger partial charge in [-0.05, 0) is 30.5 Å². The number of rotatable bonds is 2. The lowest BCUT2D eigenvalue weighted by atomic mass is 9.96. The molecular formula is C13H18FN3O2. The highest BCUT2D eigenvalue weighted by molar-refractivity contribution is 5.97. The molecule has 0 spiro atoms. The summed E-state index contributed by atoms with van der Waals surface area (Å²) < 4.78 is 14.1. The molecule has 1 saturated heterocycles. The van der Waals surface area contributed by atoms with Crippen LogP contribution in [0.3, 0.4) is 0 Å². The van der Waals surface area contributed by atoms with Crippen LogP contribution in [0.2, 0.25) is 0 Å². The second-order valence-electron chi connectivity index (χ2n) is 4.93. The van der Waals surface area contributed by atoms with Gasteiger partial charge in [-0.25, -0.2) is 4.39 Å². The van der Waals surface area contributed by atoms with Crippen molar-refractivity contribution in [3.63, 3.8) is 0 Å². The van der Waals surface area contributed by atoms with Gasteiger partial charge in [-0.1, -0.05) is 12.1 Å². The van der Waals surface area contributed by atoms with Crippen LogP contribution in [-0.2, 0) is 0 Å². The lowest BCUT2D eigenvalue weighted by Crippen LogP contribution is -2.42. The second kappa shape index (κ2) is 5.44. The smallest absolute Gasteiger partial charge is 0.170 e. The van der Waals surface area contributed by atoms with E-state index in [1.54, 1.807) is 12.1 Å². The predicted molar refractivity (Wildman–Crippen MR) is 70.9 cm³/mol. The number of hydrogen-bond acceptors (Lipinski definition) is 4. The molecule has 6 heteroatoms. The summed E-state index contributed by atoms with van der Waals surface area (Å²) in [5.74, 6) is -0.419. The number of nitrogens with two attached hydrogens (primary N) is 1. The number of benzene rings is 1. The van der Waals surface area contributed by atoms with E-state index in [9.17, 15) is 9.50 Å². The summed E-state index contributed by atoms with van der Waals surface area (Å²) in [5.41, 5.74) is 6.24. The zero-order chi connectivity index (χ0) is 14.0. The van der Waals surface area contributed by atoms with Gasteiger partial charge in [0, 0.05) is 18.7 Å². The van der Waals surface area contributed by atoms with Gasteiger partial charge in [-0.15, -0.1) is 0 Å². The largest absolute Gasteiger partial charge is 0.409 e. The van der Waals surface area contributed by atoms with Crippen LogP contribution in [0.15, 0.2) is 23.4 Å². The van der Waals surface area contributed by atoms with Crippen LogP contribution >= 0.6 is 0 Å². The molecule has 2 rings (SSSR count). The first-order valence-corrected chi connectivity index (χ1v) is 6.23. The van der Waals surface area contributed by atoms with Crippen molar-refractivity contribution in [1.29, 1.82) is 0 Å². The molecule has 1 aliphatic heterocycles. The standard InChI is InChI=1S/C13H18FN3O2/c1-8-7-17(5-4-12(8)18)11-3-2-9(6-10(11)14)13(15)16-19/h2-3,6,8,12,18-19H,4-5,7H2,1H3,(H2,15,16). The fraction of sp³-hybridized carbons (Fsp3) is 0.462. The fourth-order valence-corrected chi connectivity index (χ4v) is 2.33. The quantitative estimate of drug-likeness (QED) is 0.325. The number of anilines is 1. The molecule has 19 heavy (non-hydrogen) atoms. The van der Waals surface area contributed by atoms with Crippen molar-refractivity contribution in [3.8, 4) is 0 Å². The Balaban J connectivity index is 2.22. The van der Waals surface area contributed by atoms with Crippen LogP contribution in [0.25, 0.3) is 0 Å². The Morgan fingerprint density at radius 2 is 2.26 bits per heavy atom. The van der Waals surface area contributed by atoms with Gasteiger partial charge in [0.15, 0.2) is 5.84 Å². The first kappa shape index (κ1) is 13.6. The number of amidine groups is 1. The Morgan fingerprint density at radius 3 is 2.84 bits per heavy atom. The molecule has 2 unspecified atom stereocenters. The zero-order valence-electron chi connectivity index (χ0n) is 10.8. The summed E-state index contributed by atoms with van der Waals surface area (Å²) in [6, 6.07) is 4.48. The van der Waals surface area contributed by atoms with Gasteiger partial charge in [0.05, 0.1) is 11.8 Å². The lowest BCUT2D eigenvalue weighted by Gasteiger charge is -2.36. The maximum atomic E-state index is 14.1. The van der Waals surface area contributed by atoms with Gasteiger partial charge in [-0.3, -0.25) is 0 Å². The van der Waals surface area contributed by atoms with Gasteiger partial charge in [0.1, 0.15) is 5.82 Å². The van der Waals surface area contributed by atoms with Crippen molar-refractivity contribution in [1.82, 2.24) is 0 Å². The molecular weight excluding hydrogens is 249 g/mol. The third-order valence-electron chi connectivity index (χ3n) is 3.55. The normalized spacial score (nSPS) is 24.6. The van der Waals surface area contributed by atoms with Crippen LogP contribution < -0.4 is 10.6 Å². The van der Waals surface area contributed by atoms with Crippen LogP contribution in [0, 0.1) is 11.7 Å². The average Bonchev–Trinajstić information content (AvgIpc) is 2.41. The average molecular weight is 267 g/mol. The molecule has 0 bridgehead atoms. The molecule has 0 aliphatic carbocycles. The Labute approximate surface area is 111 Å². The highest BCUT2D eigenvalue weighted by atomic mass is 19.1. The molecule has 0 amide bonds. The van der Waals surface area contributed by atoms with E-state index in [4.69, 9.17) is 10.9 Å². The monoisotopic (exact) mass is 267 g/mol. The molecule has 5 nitrogen and oxygen atoms in total. The van der Waals surface area contributed by atoms with Gasteiger partial charge in [0.25, 0.3) is 0 Å². The van der Waals surface area contributed by atoms with E-state index < -0.39 is 5.82 Å². The minimum atomic E-state index is -0.410. The number of aliphatic hydroxyl groups excluding tert-OH is 1. The van der Waals surface area contributed by atoms with E-state index in [-0.39, 0.29) is 17.9 Å². The molecule has 0 aromatic heterocycles. The molecule has 104 valence electrons.